The Kier molecular flexibility index (Phi) is 5.32. The molecule has 0 bridgehead atoms. The van der Waals surface area contributed by atoms with Crippen LogP contribution >= 0.6 is 0 Å². The van der Waals surface area contributed by atoms with Crippen molar-refractivity contribution in [1.29, 1.82) is 0 Å². The molecule has 0 radical (unpaired) electrons. The van der Waals surface area contributed by atoms with E-state index in [-0.39, 0.29) is 6.61 Å². The molecule has 1 rings (SSSR count). The third kappa shape index (κ3) is 4.97. The molecule has 2 N–H and O–H groups in total. The Morgan fingerprint density at radius 1 is 1.16 bits per heavy atom. The Labute approximate surface area is 111 Å². The average molecular weight is 267 g/mol. The van der Waals surface area contributed by atoms with Gasteiger partial charge in [0, 0.05) is 0 Å². The molecule has 0 spiro atoms. The van der Waals surface area contributed by atoms with Crippen LogP contribution in [0.25, 0.3) is 0 Å². The van der Waals surface area contributed by atoms with Gasteiger partial charge in [-0.1, -0.05) is 17.7 Å². The van der Waals surface area contributed by atoms with E-state index in [1.807, 2.05) is 38.4 Å². The predicted octanol–water partition coefficient (Wildman–Crippen LogP) is 1.12. The van der Waals surface area contributed by atoms with Crippen LogP contribution in [-0.4, -0.2) is 30.2 Å². The fourth-order valence-corrected chi connectivity index (χ4v) is 1.74. The molecule has 1 aromatic rings. The third-order valence-corrected chi connectivity index (χ3v) is 2.33. The number of rotatable bonds is 6. The summed E-state index contributed by atoms with van der Waals surface area (Å²) in [7, 11) is 0. The Morgan fingerprint density at radius 3 is 2.26 bits per heavy atom. The lowest BCUT2D eigenvalue weighted by Gasteiger charge is -2.12. The molecule has 0 unspecified atom stereocenters. The van der Waals surface area contributed by atoms with Gasteiger partial charge in [0.1, 0.15) is 5.75 Å². The van der Waals surface area contributed by atoms with Crippen molar-refractivity contribution >= 4 is 11.9 Å². The molecule has 0 saturated heterocycles. The summed E-state index contributed by atoms with van der Waals surface area (Å²) in [6, 6.07) is 3.92. The van der Waals surface area contributed by atoms with Crippen molar-refractivity contribution in [3.63, 3.8) is 0 Å². The van der Waals surface area contributed by atoms with E-state index in [0.717, 1.165) is 16.7 Å². The van der Waals surface area contributed by atoms with Gasteiger partial charge >= 0.3 is 5.97 Å². The fourth-order valence-electron chi connectivity index (χ4n) is 1.74. The lowest BCUT2D eigenvalue weighted by Crippen LogP contribution is -2.31. The molecule has 6 nitrogen and oxygen atoms in total. The molecular formula is C13H17NO5. The number of hydroxylamine groups is 1. The standard InChI is InChI=1S/C13H17NO5/c1-8-4-9(2)13(10(3)5-8)18-6-11(15)14-19-7-12(16)17/h4-5H,6-7H2,1-3H3,(H,14,15)(H,16,17). The van der Waals surface area contributed by atoms with E-state index in [1.165, 1.54) is 0 Å². The molecule has 0 aromatic heterocycles. The minimum absolute atomic E-state index is 0.232. The third-order valence-electron chi connectivity index (χ3n) is 2.33. The van der Waals surface area contributed by atoms with E-state index >= 15 is 0 Å². The summed E-state index contributed by atoms with van der Waals surface area (Å²) in [5.41, 5.74) is 4.99. The summed E-state index contributed by atoms with van der Waals surface area (Å²) < 4.78 is 5.40. The minimum Gasteiger partial charge on any atom is -0.483 e. The van der Waals surface area contributed by atoms with Crippen LogP contribution < -0.4 is 10.2 Å². The molecule has 0 atom stereocenters. The van der Waals surface area contributed by atoms with Crippen molar-refractivity contribution in [2.24, 2.45) is 0 Å². The van der Waals surface area contributed by atoms with Crippen molar-refractivity contribution in [1.82, 2.24) is 5.48 Å². The molecule has 0 aliphatic heterocycles. The minimum atomic E-state index is -1.16. The number of aliphatic carboxylic acids is 1. The number of nitrogens with one attached hydrogen (secondary N) is 1. The van der Waals surface area contributed by atoms with Crippen LogP contribution in [0.3, 0.4) is 0 Å². The van der Waals surface area contributed by atoms with Crippen molar-refractivity contribution in [2.45, 2.75) is 20.8 Å². The van der Waals surface area contributed by atoms with Gasteiger partial charge in [0.15, 0.2) is 13.2 Å². The van der Waals surface area contributed by atoms with Crippen molar-refractivity contribution < 1.29 is 24.3 Å². The monoisotopic (exact) mass is 267 g/mol. The second kappa shape index (κ2) is 6.75. The number of hydrogen-bond donors (Lipinski definition) is 2. The van der Waals surface area contributed by atoms with Crippen molar-refractivity contribution in [3.05, 3.63) is 28.8 Å². The quantitative estimate of drug-likeness (QED) is 0.754. The van der Waals surface area contributed by atoms with Crippen LogP contribution in [0.15, 0.2) is 12.1 Å². The van der Waals surface area contributed by atoms with E-state index in [0.29, 0.717) is 5.75 Å². The summed E-state index contributed by atoms with van der Waals surface area (Å²) >= 11 is 0. The summed E-state index contributed by atoms with van der Waals surface area (Å²) in [4.78, 5) is 26.0. The Morgan fingerprint density at radius 2 is 1.74 bits per heavy atom. The fraction of sp³-hybridized carbons (Fsp3) is 0.385. The highest BCUT2D eigenvalue weighted by molar-refractivity contribution is 5.77. The number of carboxylic acids is 1. The van der Waals surface area contributed by atoms with Gasteiger partial charge in [-0.05, 0) is 31.9 Å². The van der Waals surface area contributed by atoms with Gasteiger partial charge in [0.25, 0.3) is 5.91 Å². The second-order valence-electron chi connectivity index (χ2n) is 4.22. The number of carbonyl (C=O) groups excluding carboxylic acids is 1. The topological polar surface area (TPSA) is 84.9 Å². The summed E-state index contributed by atoms with van der Waals surface area (Å²) in [5.74, 6) is -1.05. The van der Waals surface area contributed by atoms with Gasteiger partial charge < -0.3 is 9.84 Å². The second-order valence-corrected chi connectivity index (χ2v) is 4.22. The molecule has 0 aliphatic carbocycles. The Bertz CT molecular complexity index is 461. The van der Waals surface area contributed by atoms with Gasteiger partial charge in [-0.2, -0.15) is 0 Å². The number of carboxylic acid groups (broad SMARTS) is 1. The van der Waals surface area contributed by atoms with Crippen molar-refractivity contribution in [2.75, 3.05) is 13.2 Å². The first kappa shape index (κ1) is 15.0. The lowest BCUT2D eigenvalue weighted by atomic mass is 10.1. The van der Waals surface area contributed by atoms with E-state index in [9.17, 15) is 9.59 Å². The highest BCUT2D eigenvalue weighted by Crippen LogP contribution is 2.24. The number of hydrogen-bond acceptors (Lipinski definition) is 4. The maximum atomic E-state index is 11.3. The molecule has 1 amide bonds. The van der Waals surface area contributed by atoms with E-state index < -0.39 is 18.5 Å². The number of aryl methyl sites for hydroxylation is 3. The van der Waals surface area contributed by atoms with Gasteiger partial charge in [0.2, 0.25) is 0 Å². The highest BCUT2D eigenvalue weighted by atomic mass is 16.7. The molecule has 104 valence electrons. The summed E-state index contributed by atoms with van der Waals surface area (Å²) in [5, 5.41) is 8.33. The first-order valence-electron chi connectivity index (χ1n) is 5.73. The maximum Gasteiger partial charge on any atom is 0.332 e. The van der Waals surface area contributed by atoms with E-state index in [1.54, 1.807) is 0 Å². The summed E-state index contributed by atoms with van der Waals surface area (Å²) in [6.07, 6.45) is 0. The zero-order valence-electron chi connectivity index (χ0n) is 11.1. The molecule has 1 aromatic carbocycles. The first-order valence-corrected chi connectivity index (χ1v) is 5.73. The van der Waals surface area contributed by atoms with Crippen LogP contribution in [0.1, 0.15) is 16.7 Å². The van der Waals surface area contributed by atoms with Gasteiger partial charge in [-0.3, -0.25) is 9.63 Å². The lowest BCUT2D eigenvalue weighted by molar-refractivity contribution is -0.149. The van der Waals surface area contributed by atoms with Crippen LogP contribution in [0.5, 0.6) is 5.75 Å². The SMILES string of the molecule is Cc1cc(C)c(OCC(=O)NOCC(=O)O)c(C)c1. The molecule has 0 fully saturated rings. The number of ether oxygens (including phenoxy) is 1. The molecule has 0 heterocycles. The van der Waals surface area contributed by atoms with Crippen LogP contribution in [-0.2, 0) is 14.4 Å². The highest BCUT2D eigenvalue weighted by Gasteiger charge is 2.08. The van der Waals surface area contributed by atoms with Gasteiger partial charge in [-0.25, -0.2) is 10.3 Å². The largest absolute Gasteiger partial charge is 0.483 e. The normalized spacial score (nSPS) is 10.1. The molecule has 19 heavy (non-hydrogen) atoms. The smallest absolute Gasteiger partial charge is 0.332 e. The van der Waals surface area contributed by atoms with Crippen LogP contribution in [0.4, 0.5) is 0 Å². The molecule has 0 saturated carbocycles. The predicted molar refractivity (Wildman–Crippen MR) is 67.9 cm³/mol. The number of benzene rings is 1. The van der Waals surface area contributed by atoms with Crippen LogP contribution in [0, 0.1) is 20.8 Å². The Balaban J connectivity index is 2.48. The maximum absolute atomic E-state index is 11.3. The Hall–Kier alpha value is -2.08. The number of amides is 1. The zero-order valence-corrected chi connectivity index (χ0v) is 11.1. The summed E-state index contributed by atoms with van der Waals surface area (Å²) in [6.45, 7) is 4.96. The van der Waals surface area contributed by atoms with Crippen molar-refractivity contribution in [3.8, 4) is 5.75 Å². The average Bonchev–Trinajstić information content (AvgIpc) is 2.26. The first-order chi connectivity index (χ1) is 8.90. The zero-order chi connectivity index (χ0) is 14.4. The van der Waals surface area contributed by atoms with E-state index in [4.69, 9.17) is 9.84 Å². The van der Waals surface area contributed by atoms with Gasteiger partial charge in [-0.15, -0.1) is 0 Å². The molecular weight excluding hydrogens is 250 g/mol. The number of carbonyl (C=O) groups is 2. The molecule has 0 aliphatic rings. The molecule has 6 heteroatoms. The van der Waals surface area contributed by atoms with Crippen LogP contribution in [0.2, 0.25) is 0 Å². The van der Waals surface area contributed by atoms with Gasteiger partial charge in [0.05, 0.1) is 0 Å². The van der Waals surface area contributed by atoms with E-state index in [2.05, 4.69) is 4.84 Å².